The first-order valence-corrected chi connectivity index (χ1v) is 11.2. The van der Waals surface area contributed by atoms with Crippen molar-refractivity contribution in [3.8, 4) is 11.5 Å². The lowest BCUT2D eigenvalue weighted by Gasteiger charge is -2.30. The minimum atomic E-state index is -0.582. The van der Waals surface area contributed by atoms with Crippen molar-refractivity contribution in [2.45, 2.75) is 45.2 Å². The molecule has 172 valence electrons. The molecule has 1 aliphatic heterocycles. The number of aromatic amines is 1. The number of nitrogens with zero attached hydrogens (tertiary/aromatic N) is 3. The summed E-state index contributed by atoms with van der Waals surface area (Å²) >= 11 is 0. The zero-order valence-corrected chi connectivity index (χ0v) is 18.9. The van der Waals surface area contributed by atoms with Gasteiger partial charge in [0.1, 0.15) is 0 Å². The maximum absolute atomic E-state index is 13.7. The predicted octanol–water partition coefficient (Wildman–Crippen LogP) is 2.20. The smallest absolute Gasteiger partial charge is 0.329 e. The van der Waals surface area contributed by atoms with E-state index >= 15 is 0 Å². The van der Waals surface area contributed by atoms with E-state index in [2.05, 4.69) is 9.97 Å². The first-order valence-electron chi connectivity index (χ1n) is 11.2. The van der Waals surface area contributed by atoms with Crippen molar-refractivity contribution in [2.75, 3.05) is 20.8 Å². The first-order chi connectivity index (χ1) is 15.9. The average Bonchev–Trinajstić information content (AvgIpc) is 3.67. The third-order valence-electron chi connectivity index (χ3n) is 6.52. The second kappa shape index (κ2) is 8.06. The molecule has 2 aromatic heterocycles. The molecule has 2 aliphatic rings. The number of amides is 1. The van der Waals surface area contributed by atoms with Gasteiger partial charge in [-0.25, -0.2) is 9.78 Å². The van der Waals surface area contributed by atoms with Crippen LogP contribution in [0, 0.1) is 0 Å². The largest absolute Gasteiger partial charge is 0.493 e. The Morgan fingerprint density at radius 1 is 1.12 bits per heavy atom. The van der Waals surface area contributed by atoms with Crippen molar-refractivity contribution in [1.82, 2.24) is 19.4 Å². The molecule has 1 amide bonds. The number of hydrogen-bond acceptors (Lipinski definition) is 6. The van der Waals surface area contributed by atoms with E-state index in [9.17, 15) is 14.4 Å². The fourth-order valence-electron chi connectivity index (χ4n) is 4.57. The first kappa shape index (κ1) is 21.2. The highest BCUT2D eigenvalue weighted by Gasteiger charge is 2.31. The van der Waals surface area contributed by atoms with Crippen molar-refractivity contribution >= 4 is 16.9 Å². The number of aromatic nitrogens is 3. The number of carbonyl (C=O) groups is 1. The van der Waals surface area contributed by atoms with Crippen LogP contribution in [0.5, 0.6) is 11.5 Å². The SMILES string of the molecule is CCn1c(=O)[nH]c(=O)c2c(C(=O)N3CCc4cc(OC)c(OC)cc4C3)cc(C3CC3)nc21. The maximum Gasteiger partial charge on any atom is 0.329 e. The summed E-state index contributed by atoms with van der Waals surface area (Å²) in [6.45, 7) is 3.06. The molecule has 1 aliphatic carbocycles. The molecular formula is C24H26N4O5. The molecule has 33 heavy (non-hydrogen) atoms. The molecule has 0 saturated heterocycles. The predicted molar refractivity (Wildman–Crippen MR) is 122 cm³/mol. The molecule has 1 saturated carbocycles. The van der Waals surface area contributed by atoms with E-state index in [-0.39, 0.29) is 22.9 Å². The number of aryl methyl sites for hydroxylation is 1. The summed E-state index contributed by atoms with van der Waals surface area (Å²) in [5.41, 5.74) is 2.34. The summed E-state index contributed by atoms with van der Waals surface area (Å²) in [5.74, 6) is 1.30. The Morgan fingerprint density at radius 2 is 1.82 bits per heavy atom. The van der Waals surface area contributed by atoms with Gasteiger partial charge in [0.15, 0.2) is 17.1 Å². The third-order valence-corrected chi connectivity index (χ3v) is 6.52. The number of nitrogens with one attached hydrogen (secondary N) is 1. The van der Waals surface area contributed by atoms with Gasteiger partial charge in [-0.15, -0.1) is 0 Å². The lowest BCUT2D eigenvalue weighted by molar-refractivity contribution is 0.0736. The van der Waals surface area contributed by atoms with E-state index < -0.39 is 11.2 Å². The van der Waals surface area contributed by atoms with Gasteiger partial charge < -0.3 is 14.4 Å². The van der Waals surface area contributed by atoms with Crippen LogP contribution in [0.1, 0.15) is 52.9 Å². The van der Waals surface area contributed by atoms with Gasteiger partial charge in [-0.05, 0) is 55.5 Å². The molecule has 9 heteroatoms. The number of hydrogen-bond donors (Lipinski definition) is 1. The van der Waals surface area contributed by atoms with Gasteiger partial charge in [0.05, 0.1) is 25.2 Å². The van der Waals surface area contributed by atoms with Gasteiger partial charge in [0, 0.05) is 31.2 Å². The van der Waals surface area contributed by atoms with Crippen molar-refractivity contribution < 1.29 is 14.3 Å². The van der Waals surface area contributed by atoms with E-state index in [4.69, 9.17) is 9.47 Å². The Bertz CT molecular complexity index is 1390. The highest BCUT2D eigenvalue weighted by atomic mass is 16.5. The Labute approximate surface area is 190 Å². The Hall–Kier alpha value is -3.62. The zero-order chi connectivity index (χ0) is 23.3. The summed E-state index contributed by atoms with van der Waals surface area (Å²) in [4.78, 5) is 47.6. The summed E-state index contributed by atoms with van der Waals surface area (Å²) < 4.78 is 12.2. The van der Waals surface area contributed by atoms with Crippen LogP contribution in [0.2, 0.25) is 0 Å². The van der Waals surface area contributed by atoms with Crippen LogP contribution in [0.15, 0.2) is 27.8 Å². The molecule has 0 atom stereocenters. The zero-order valence-electron chi connectivity index (χ0n) is 18.9. The van der Waals surface area contributed by atoms with Crippen LogP contribution in [-0.4, -0.2) is 46.1 Å². The molecule has 1 N–H and O–H groups in total. The standard InChI is InChI=1S/C24H26N4O5/c1-4-28-21-20(22(29)26-24(28)31)16(11-17(25-21)13-5-6-13)23(30)27-8-7-14-9-18(32-2)19(33-3)10-15(14)12-27/h9-11,13H,4-8,12H2,1-3H3,(H,26,29,31). The molecule has 0 radical (unpaired) electrons. The van der Waals surface area contributed by atoms with Gasteiger partial charge in [-0.2, -0.15) is 0 Å². The lowest BCUT2D eigenvalue weighted by Crippen LogP contribution is -2.38. The summed E-state index contributed by atoms with van der Waals surface area (Å²) in [7, 11) is 3.18. The number of rotatable bonds is 5. The normalized spacial score (nSPS) is 15.4. The Kier molecular flexibility index (Phi) is 5.19. The summed E-state index contributed by atoms with van der Waals surface area (Å²) in [6.07, 6.45) is 2.64. The molecule has 0 bridgehead atoms. The minimum absolute atomic E-state index is 0.170. The molecule has 3 aromatic rings. The van der Waals surface area contributed by atoms with Crippen LogP contribution < -0.4 is 20.7 Å². The van der Waals surface area contributed by atoms with Gasteiger partial charge in [-0.3, -0.25) is 19.1 Å². The van der Waals surface area contributed by atoms with E-state index in [1.807, 2.05) is 19.1 Å². The Morgan fingerprint density at radius 3 is 2.45 bits per heavy atom. The number of methoxy groups -OCH3 is 2. The number of pyridine rings is 1. The summed E-state index contributed by atoms with van der Waals surface area (Å²) in [6, 6.07) is 5.59. The van der Waals surface area contributed by atoms with Crippen molar-refractivity contribution in [3.05, 3.63) is 61.4 Å². The van der Waals surface area contributed by atoms with Gasteiger partial charge in [-0.1, -0.05) is 0 Å². The number of carbonyl (C=O) groups excluding carboxylic acids is 1. The van der Waals surface area contributed by atoms with Crippen LogP contribution in [0.25, 0.3) is 11.0 Å². The summed E-state index contributed by atoms with van der Waals surface area (Å²) in [5, 5.41) is 0.170. The van der Waals surface area contributed by atoms with Gasteiger partial charge in [0.2, 0.25) is 0 Å². The monoisotopic (exact) mass is 450 g/mol. The number of fused-ring (bicyclic) bond motifs is 2. The maximum atomic E-state index is 13.7. The van der Waals surface area contributed by atoms with Crippen molar-refractivity contribution in [2.24, 2.45) is 0 Å². The molecule has 9 nitrogen and oxygen atoms in total. The molecule has 3 heterocycles. The highest BCUT2D eigenvalue weighted by molar-refractivity contribution is 6.05. The second-order valence-electron chi connectivity index (χ2n) is 8.52. The minimum Gasteiger partial charge on any atom is -0.493 e. The quantitative estimate of drug-likeness (QED) is 0.639. The van der Waals surface area contributed by atoms with Crippen LogP contribution in [0.4, 0.5) is 0 Å². The number of benzene rings is 1. The van der Waals surface area contributed by atoms with Crippen LogP contribution in [-0.2, 0) is 19.5 Å². The van der Waals surface area contributed by atoms with Gasteiger partial charge >= 0.3 is 5.69 Å². The highest BCUT2D eigenvalue weighted by Crippen LogP contribution is 2.40. The lowest BCUT2D eigenvalue weighted by atomic mass is 9.97. The fourth-order valence-corrected chi connectivity index (χ4v) is 4.57. The Balaban J connectivity index is 1.61. The molecule has 0 spiro atoms. The van der Waals surface area contributed by atoms with Crippen molar-refractivity contribution in [1.29, 1.82) is 0 Å². The van der Waals surface area contributed by atoms with Crippen LogP contribution >= 0.6 is 0 Å². The third kappa shape index (κ3) is 3.57. The van der Waals surface area contributed by atoms with E-state index in [1.54, 1.807) is 25.2 Å². The fraction of sp³-hybridized carbons (Fsp3) is 0.417. The van der Waals surface area contributed by atoms with E-state index in [1.165, 1.54) is 4.57 Å². The van der Waals surface area contributed by atoms with Gasteiger partial charge in [0.25, 0.3) is 11.5 Å². The second-order valence-corrected chi connectivity index (χ2v) is 8.52. The molecule has 0 unspecified atom stereocenters. The van der Waals surface area contributed by atoms with E-state index in [0.717, 1.165) is 29.7 Å². The topological polar surface area (TPSA) is 107 Å². The molecular weight excluding hydrogens is 424 g/mol. The average molecular weight is 450 g/mol. The molecule has 1 aromatic carbocycles. The van der Waals surface area contributed by atoms with Crippen molar-refractivity contribution in [3.63, 3.8) is 0 Å². The number of ether oxygens (including phenoxy) is 2. The van der Waals surface area contributed by atoms with Crippen LogP contribution in [0.3, 0.4) is 0 Å². The van der Waals surface area contributed by atoms with E-state index in [0.29, 0.717) is 43.1 Å². The molecule has 5 rings (SSSR count). The number of H-pyrrole nitrogens is 1. The molecule has 1 fully saturated rings.